The second kappa shape index (κ2) is 6.63. The van der Waals surface area contributed by atoms with Crippen LogP contribution in [-0.4, -0.2) is 29.8 Å². The van der Waals surface area contributed by atoms with Gasteiger partial charge in [0.1, 0.15) is 6.17 Å². The normalized spacial score (nSPS) is 23.1. The van der Waals surface area contributed by atoms with E-state index in [0.29, 0.717) is 6.42 Å². The van der Waals surface area contributed by atoms with Gasteiger partial charge in [-0.15, -0.1) is 11.3 Å². The average molecular weight is 302 g/mol. The zero-order valence-corrected chi connectivity index (χ0v) is 12.6. The quantitative estimate of drug-likeness (QED) is 0.874. The molecule has 2 atom stereocenters. The van der Waals surface area contributed by atoms with Crippen molar-refractivity contribution in [1.29, 1.82) is 0 Å². The number of thiophene rings is 1. The van der Waals surface area contributed by atoms with Crippen molar-refractivity contribution in [3.8, 4) is 0 Å². The van der Waals surface area contributed by atoms with Crippen molar-refractivity contribution in [3.05, 3.63) is 21.9 Å². The van der Waals surface area contributed by atoms with E-state index in [4.69, 9.17) is 0 Å². The SMILES string of the molecule is CCCCC1NC(c2ccc(C)s2)N(CC(F)F)C1=O. The molecule has 1 aromatic rings. The van der Waals surface area contributed by atoms with Crippen LogP contribution in [0.2, 0.25) is 0 Å². The first-order valence-corrected chi connectivity index (χ1v) is 7.75. The Balaban J connectivity index is 2.16. The molecule has 0 radical (unpaired) electrons. The number of carbonyl (C=O) groups is 1. The fraction of sp³-hybridized carbons (Fsp3) is 0.643. The van der Waals surface area contributed by atoms with Gasteiger partial charge in [0.2, 0.25) is 5.91 Å². The molecule has 1 N–H and O–H groups in total. The predicted molar refractivity (Wildman–Crippen MR) is 76.0 cm³/mol. The van der Waals surface area contributed by atoms with Gasteiger partial charge in [-0.2, -0.15) is 0 Å². The van der Waals surface area contributed by atoms with Crippen molar-refractivity contribution in [2.45, 2.75) is 51.7 Å². The van der Waals surface area contributed by atoms with Gasteiger partial charge >= 0.3 is 0 Å². The summed E-state index contributed by atoms with van der Waals surface area (Å²) in [5.74, 6) is -0.199. The van der Waals surface area contributed by atoms with Crippen molar-refractivity contribution in [1.82, 2.24) is 10.2 Å². The van der Waals surface area contributed by atoms with Crippen LogP contribution in [0.25, 0.3) is 0 Å². The molecule has 0 spiro atoms. The number of unbranched alkanes of at least 4 members (excludes halogenated alkanes) is 1. The first-order chi connectivity index (χ1) is 9.52. The molecule has 0 bridgehead atoms. The minimum atomic E-state index is -2.51. The summed E-state index contributed by atoms with van der Waals surface area (Å²) in [7, 11) is 0. The number of halogens is 2. The zero-order valence-electron chi connectivity index (χ0n) is 11.7. The van der Waals surface area contributed by atoms with Crippen LogP contribution in [0.3, 0.4) is 0 Å². The highest BCUT2D eigenvalue weighted by molar-refractivity contribution is 7.12. The highest BCUT2D eigenvalue weighted by Crippen LogP contribution is 2.32. The van der Waals surface area contributed by atoms with Gasteiger partial charge < -0.3 is 4.90 Å². The van der Waals surface area contributed by atoms with Crippen molar-refractivity contribution < 1.29 is 13.6 Å². The van der Waals surface area contributed by atoms with Crippen LogP contribution < -0.4 is 5.32 Å². The molecule has 1 aliphatic rings. The van der Waals surface area contributed by atoms with Crippen LogP contribution in [0.15, 0.2) is 12.1 Å². The van der Waals surface area contributed by atoms with Crippen molar-refractivity contribution >= 4 is 17.2 Å². The molecule has 20 heavy (non-hydrogen) atoms. The molecular weight excluding hydrogens is 282 g/mol. The minimum Gasteiger partial charge on any atom is -0.315 e. The highest BCUT2D eigenvalue weighted by atomic mass is 32.1. The first kappa shape index (κ1) is 15.4. The van der Waals surface area contributed by atoms with Crippen LogP contribution >= 0.6 is 11.3 Å². The maximum Gasteiger partial charge on any atom is 0.255 e. The highest BCUT2D eigenvalue weighted by Gasteiger charge is 2.40. The maximum absolute atomic E-state index is 12.7. The first-order valence-electron chi connectivity index (χ1n) is 6.94. The summed E-state index contributed by atoms with van der Waals surface area (Å²) < 4.78 is 25.4. The standard InChI is InChI=1S/C14H20F2N2OS/c1-3-4-5-10-14(19)18(8-12(15)16)13(17-10)11-7-6-9(2)20-11/h6-7,10,12-13,17H,3-5,8H2,1-2H3. The molecule has 112 valence electrons. The lowest BCUT2D eigenvalue weighted by Crippen LogP contribution is -2.34. The molecule has 1 aliphatic heterocycles. The van der Waals surface area contributed by atoms with E-state index < -0.39 is 19.1 Å². The summed E-state index contributed by atoms with van der Waals surface area (Å²) >= 11 is 1.54. The third-order valence-electron chi connectivity index (χ3n) is 3.46. The maximum atomic E-state index is 12.7. The van der Waals surface area contributed by atoms with Gasteiger partial charge in [0.05, 0.1) is 12.6 Å². The fourth-order valence-electron chi connectivity index (χ4n) is 2.47. The molecule has 2 rings (SSSR count). The summed E-state index contributed by atoms with van der Waals surface area (Å²) in [6.07, 6.45) is -0.299. The number of aryl methyl sites for hydroxylation is 1. The molecule has 1 amide bonds. The van der Waals surface area contributed by atoms with E-state index in [1.165, 1.54) is 4.90 Å². The molecule has 0 aliphatic carbocycles. The van der Waals surface area contributed by atoms with E-state index in [0.717, 1.165) is 22.6 Å². The average Bonchev–Trinajstić information content (AvgIpc) is 2.93. The number of nitrogens with one attached hydrogen (secondary N) is 1. The summed E-state index contributed by atoms with van der Waals surface area (Å²) in [6, 6.07) is 3.53. The lowest BCUT2D eigenvalue weighted by molar-refractivity contribution is -0.132. The molecule has 2 heterocycles. The largest absolute Gasteiger partial charge is 0.315 e. The van der Waals surface area contributed by atoms with Crippen LogP contribution in [-0.2, 0) is 4.79 Å². The number of nitrogens with zero attached hydrogens (tertiary/aromatic N) is 1. The Hall–Kier alpha value is -1.01. The van der Waals surface area contributed by atoms with E-state index in [9.17, 15) is 13.6 Å². The molecule has 3 nitrogen and oxygen atoms in total. The molecule has 1 saturated heterocycles. The Morgan fingerprint density at radius 3 is 2.75 bits per heavy atom. The van der Waals surface area contributed by atoms with Gasteiger partial charge in [-0.3, -0.25) is 10.1 Å². The molecule has 0 saturated carbocycles. The lowest BCUT2D eigenvalue weighted by Gasteiger charge is -2.22. The van der Waals surface area contributed by atoms with E-state index in [-0.39, 0.29) is 11.9 Å². The Kier molecular flexibility index (Phi) is 5.10. The van der Waals surface area contributed by atoms with Gasteiger partial charge in [-0.25, -0.2) is 8.78 Å². The van der Waals surface area contributed by atoms with Crippen LogP contribution in [0.1, 0.15) is 42.1 Å². The van der Waals surface area contributed by atoms with Crippen molar-refractivity contribution in [2.75, 3.05) is 6.54 Å². The van der Waals surface area contributed by atoms with Gasteiger partial charge in [0, 0.05) is 9.75 Å². The molecule has 1 fully saturated rings. The Morgan fingerprint density at radius 2 is 2.20 bits per heavy atom. The number of carbonyl (C=O) groups excluding carboxylic acids is 1. The fourth-order valence-corrected chi connectivity index (χ4v) is 3.43. The summed E-state index contributed by atoms with van der Waals surface area (Å²) in [5, 5.41) is 3.21. The summed E-state index contributed by atoms with van der Waals surface area (Å²) in [5.41, 5.74) is 0. The minimum absolute atomic E-state index is 0.199. The number of hydrogen-bond acceptors (Lipinski definition) is 3. The second-order valence-corrected chi connectivity index (χ2v) is 6.41. The Bertz CT molecular complexity index is 464. The third-order valence-corrected chi connectivity index (χ3v) is 4.52. The second-order valence-electron chi connectivity index (χ2n) is 5.09. The molecule has 1 aromatic heterocycles. The molecular formula is C14H20F2N2OS. The Morgan fingerprint density at radius 1 is 1.45 bits per heavy atom. The van der Waals surface area contributed by atoms with Crippen LogP contribution in [0.4, 0.5) is 8.78 Å². The zero-order chi connectivity index (χ0) is 14.7. The van der Waals surface area contributed by atoms with Crippen molar-refractivity contribution in [3.63, 3.8) is 0 Å². The number of alkyl halides is 2. The van der Waals surface area contributed by atoms with E-state index in [1.807, 2.05) is 19.1 Å². The molecule has 0 aromatic carbocycles. The van der Waals surface area contributed by atoms with E-state index >= 15 is 0 Å². The lowest BCUT2D eigenvalue weighted by atomic mass is 10.1. The van der Waals surface area contributed by atoms with Gasteiger partial charge in [0.25, 0.3) is 6.43 Å². The Labute approximate surface area is 122 Å². The van der Waals surface area contributed by atoms with Crippen molar-refractivity contribution in [2.24, 2.45) is 0 Å². The van der Waals surface area contributed by atoms with E-state index in [2.05, 4.69) is 12.2 Å². The third kappa shape index (κ3) is 3.35. The van der Waals surface area contributed by atoms with Crippen LogP contribution in [0.5, 0.6) is 0 Å². The summed E-state index contributed by atoms with van der Waals surface area (Å²) in [4.78, 5) is 15.6. The number of amides is 1. The molecule has 6 heteroatoms. The summed E-state index contributed by atoms with van der Waals surface area (Å²) in [6.45, 7) is 3.52. The topological polar surface area (TPSA) is 32.3 Å². The molecule has 2 unspecified atom stereocenters. The predicted octanol–water partition coefficient (Wildman–Crippen LogP) is 3.31. The smallest absolute Gasteiger partial charge is 0.255 e. The van der Waals surface area contributed by atoms with Crippen LogP contribution in [0, 0.1) is 6.92 Å². The van der Waals surface area contributed by atoms with Gasteiger partial charge in [0.15, 0.2) is 0 Å². The number of rotatable bonds is 6. The van der Waals surface area contributed by atoms with Gasteiger partial charge in [-0.1, -0.05) is 19.8 Å². The van der Waals surface area contributed by atoms with Gasteiger partial charge in [-0.05, 0) is 25.5 Å². The monoisotopic (exact) mass is 302 g/mol. The number of hydrogen-bond donors (Lipinski definition) is 1. The van der Waals surface area contributed by atoms with E-state index in [1.54, 1.807) is 11.3 Å².